The first kappa shape index (κ1) is 12.3. The molecule has 1 aliphatic heterocycles. The molecule has 19 heavy (non-hydrogen) atoms. The number of ether oxygens (including phenoxy) is 1. The number of fused-ring (bicyclic) bond motifs is 1. The number of hydrogen-bond acceptors (Lipinski definition) is 5. The van der Waals surface area contributed by atoms with E-state index in [1.54, 1.807) is 6.33 Å². The molecule has 3 rings (SSSR count). The maximum atomic E-state index is 6.08. The van der Waals surface area contributed by atoms with Gasteiger partial charge in [-0.15, -0.1) is 0 Å². The third-order valence-electron chi connectivity index (χ3n) is 3.61. The Labute approximate surface area is 112 Å². The zero-order valence-electron chi connectivity index (χ0n) is 11.7. The minimum absolute atomic E-state index is 0.124. The fourth-order valence-electron chi connectivity index (χ4n) is 2.83. The van der Waals surface area contributed by atoms with Gasteiger partial charge in [-0.05, 0) is 34.1 Å². The summed E-state index contributed by atoms with van der Waals surface area (Å²) in [6.07, 6.45) is 4.09. The van der Waals surface area contributed by atoms with E-state index in [2.05, 4.69) is 52.9 Å². The van der Waals surface area contributed by atoms with Crippen LogP contribution in [0.25, 0.3) is 11.2 Å². The van der Waals surface area contributed by atoms with E-state index >= 15 is 0 Å². The number of H-pyrrole nitrogens is 1. The van der Waals surface area contributed by atoms with Gasteiger partial charge in [0.05, 0.1) is 23.6 Å². The van der Waals surface area contributed by atoms with Crippen LogP contribution in [0, 0.1) is 0 Å². The lowest BCUT2D eigenvalue weighted by molar-refractivity contribution is -0.0662. The number of anilines is 1. The zero-order chi connectivity index (χ0) is 13.7. The zero-order valence-corrected chi connectivity index (χ0v) is 11.7. The minimum Gasteiger partial charge on any atom is -0.367 e. The maximum Gasteiger partial charge on any atom is 0.182 e. The van der Waals surface area contributed by atoms with Crippen molar-refractivity contribution < 1.29 is 4.74 Å². The SMILES string of the molecule is CC1(C)CC(Nc2ncnc3nc[nH]c23)C(C)(C)O1. The van der Waals surface area contributed by atoms with Gasteiger partial charge in [0.2, 0.25) is 0 Å². The van der Waals surface area contributed by atoms with E-state index < -0.39 is 0 Å². The molecule has 2 aromatic rings. The summed E-state index contributed by atoms with van der Waals surface area (Å²) in [7, 11) is 0. The minimum atomic E-state index is -0.235. The highest BCUT2D eigenvalue weighted by Crippen LogP contribution is 2.39. The molecule has 0 bridgehead atoms. The highest BCUT2D eigenvalue weighted by molar-refractivity contribution is 5.82. The molecule has 0 spiro atoms. The summed E-state index contributed by atoms with van der Waals surface area (Å²) in [5.41, 5.74) is 1.15. The Morgan fingerprint density at radius 3 is 2.74 bits per heavy atom. The number of nitrogens with zero attached hydrogens (tertiary/aromatic N) is 3. The van der Waals surface area contributed by atoms with Gasteiger partial charge in [-0.25, -0.2) is 15.0 Å². The lowest BCUT2D eigenvalue weighted by Crippen LogP contribution is -2.38. The molecular weight excluding hydrogens is 242 g/mol. The summed E-state index contributed by atoms with van der Waals surface area (Å²) in [5.74, 6) is 0.780. The number of aromatic amines is 1. The summed E-state index contributed by atoms with van der Waals surface area (Å²) >= 11 is 0. The van der Waals surface area contributed by atoms with E-state index in [4.69, 9.17) is 4.74 Å². The molecule has 1 unspecified atom stereocenters. The monoisotopic (exact) mass is 261 g/mol. The average Bonchev–Trinajstić information content (AvgIpc) is 2.81. The van der Waals surface area contributed by atoms with Crippen LogP contribution in [0.15, 0.2) is 12.7 Å². The molecule has 1 fully saturated rings. The van der Waals surface area contributed by atoms with E-state index in [1.165, 1.54) is 6.33 Å². The van der Waals surface area contributed by atoms with Crippen molar-refractivity contribution in [2.75, 3.05) is 5.32 Å². The van der Waals surface area contributed by atoms with Crippen LogP contribution in [0.4, 0.5) is 5.82 Å². The molecule has 1 atom stereocenters. The predicted molar refractivity (Wildman–Crippen MR) is 73.0 cm³/mol. The van der Waals surface area contributed by atoms with E-state index in [1.807, 2.05) is 0 Å². The number of aromatic nitrogens is 4. The summed E-state index contributed by atoms with van der Waals surface area (Å²) in [6.45, 7) is 8.43. The number of rotatable bonds is 2. The van der Waals surface area contributed by atoms with E-state index in [0.29, 0.717) is 5.65 Å². The molecule has 2 aromatic heterocycles. The topological polar surface area (TPSA) is 75.7 Å². The van der Waals surface area contributed by atoms with Gasteiger partial charge in [-0.1, -0.05) is 0 Å². The number of imidazole rings is 1. The smallest absolute Gasteiger partial charge is 0.182 e. The Morgan fingerprint density at radius 1 is 1.26 bits per heavy atom. The van der Waals surface area contributed by atoms with Crippen molar-refractivity contribution in [3.05, 3.63) is 12.7 Å². The lowest BCUT2D eigenvalue weighted by atomic mass is 9.94. The Bertz CT molecular complexity index is 604. The van der Waals surface area contributed by atoms with Crippen molar-refractivity contribution in [2.45, 2.75) is 51.4 Å². The largest absolute Gasteiger partial charge is 0.367 e. The molecule has 2 N–H and O–H groups in total. The third kappa shape index (κ3) is 2.16. The van der Waals surface area contributed by atoms with Crippen LogP contribution in [0.1, 0.15) is 34.1 Å². The van der Waals surface area contributed by atoms with Gasteiger partial charge in [0.25, 0.3) is 0 Å². The summed E-state index contributed by atoms with van der Waals surface area (Å²) in [5, 5.41) is 3.47. The van der Waals surface area contributed by atoms with Gasteiger partial charge >= 0.3 is 0 Å². The van der Waals surface area contributed by atoms with Gasteiger partial charge in [0.1, 0.15) is 11.8 Å². The van der Waals surface area contributed by atoms with Crippen molar-refractivity contribution in [1.29, 1.82) is 0 Å². The van der Waals surface area contributed by atoms with E-state index in [0.717, 1.165) is 17.8 Å². The van der Waals surface area contributed by atoms with E-state index in [9.17, 15) is 0 Å². The molecule has 0 aromatic carbocycles. The van der Waals surface area contributed by atoms with Gasteiger partial charge in [-0.3, -0.25) is 0 Å². The van der Waals surface area contributed by atoms with Crippen LogP contribution in [-0.2, 0) is 4.74 Å². The van der Waals surface area contributed by atoms with E-state index in [-0.39, 0.29) is 17.2 Å². The highest BCUT2D eigenvalue weighted by Gasteiger charge is 2.46. The van der Waals surface area contributed by atoms with Crippen LogP contribution < -0.4 is 5.32 Å². The van der Waals surface area contributed by atoms with Gasteiger partial charge < -0.3 is 15.0 Å². The molecule has 3 heterocycles. The summed E-state index contributed by atoms with van der Waals surface area (Å²) in [6, 6.07) is 0.198. The maximum absolute atomic E-state index is 6.08. The number of nitrogens with one attached hydrogen (secondary N) is 2. The van der Waals surface area contributed by atoms with Gasteiger partial charge in [0.15, 0.2) is 11.5 Å². The molecule has 0 saturated carbocycles. The quantitative estimate of drug-likeness (QED) is 0.866. The second kappa shape index (κ2) is 3.90. The molecule has 102 valence electrons. The van der Waals surface area contributed by atoms with Crippen LogP contribution in [0.3, 0.4) is 0 Å². The molecule has 6 heteroatoms. The molecule has 0 amide bonds. The highest BCUT2D eigenvalue weighted by atomic mass is 16.5. The second-order valence-electron chi connectivity index (χ2n) is 6.19. The molecule has 6 nitrogen and oxygen atoms in total. The van der Waals surface area contributed by atoms with Crippen molar-refractivity contribution in [1.82, 2.24) is 19.9 Å². The van der Waals surface area contributed by atoms with Crippen LogP contribution in [-0.4, -0.2) is 37.2 Å². The lowest BCUT2D eigenvalue weighted by Gasteiger charge is -2.28. The first-order valence-electron chi connectivity index (χ1n) is 6.48. The molecular formula is C13H19N5O. The first-order chi connectivity index (χ1) is 8.87. The normalized spacial score (nSPS) is 24.7. The first-order valence-corrected chi connectivity index (χ1v) is 6.48. The molecule has 1 saturated heterocycles. The molecule has 1 aliphatic rings. The average molecular weight is 261 g/mol. The fraction of sp³-hybridized carbons (Fsp3) is 0.615. The molecule has 0 aliphatic carbocycles. The second-order valence-corrected chi connectivity index (χ2v) is 6.19. The van der Waals surface area contributed by atoms with Crippen molar-refractivity contribution in [2.24, 2.45) is 0 Å². The third-order valence-corrected chi connectivity index (χ3v) is 3.61. The van der Waals surface area contributed by atoms with Gasteiger partial charge in [0, 0.05) is 0 Å². The van der Waals surface area contributed by atoms with Crippen LogP contribution in [0.5, 0.6) is 0 Å². The summed E-state index contributed by atoms with van der Waals surface area (Å²) in [4.78, 5) is 15.6. The number of hydrogen-bond donors (Lipinski definition) is 2. The molecule has 0 radical (unpaired) electrons. The predicted octanol–water partition coefficient (Wildman–Crippen LogP) is 2.11. The van der Waals surface area contributed by atoms with Crippen molar-refractivity contribution >= 4 is 17.0 Å². The van der Waals surface area contributed by atoms with Gasteiger partial charge in [-0.2, -0.15) is 0 Å². The Balaban J connectivity index is 1.91. The fourth-order valence-corrected chi connectivity index (χ4v) is 2.83. The Morgan fingerprint density at radius 2 is 2.05 bits per heavy atom. The van der Waals surface area contributed by atoms with Crippen LogP contribution in [0.2, 0.25) is 0 Å². The van der Waals surface area contributed by atoms with Crippen molar-refractivity contribution in [3.63, 3.8) is 0 Å². The standard InChI is InChI=1S/C13H19N5O/c1-12(2)5-8(13(3,4)19-12)18-11-9-10(15-6-14-9)16-7-17-11/h6-8H,5H2,1-4H3,(H2,14,15,16,17,18). The van der Waals surface area contributed by atoms with Crippen LogP contribution >= 0.6 is 0 Å². The summed E-state index contributed by atoms with van der Waals surface area (Å²) < 4.78 is 6.08. The van der Waals surface area contributed by atoms with Crippen molar-refractivity contribution in [3.8, 4) is 0 Å². The Kier molecular flexibility index (Phi) is 2.53. The Hall–Kier alpha value is -1.69.